The van der Waals surface area contributed by atoms with Gasteiger partial charge < -0.3 is 10.1 Å². The normalized spacial score (nSPS) is 18.4. The lowest BCUT2D eigenvalue weighted by Crippen LogP contribution is -2.23. The fraction of sp³-hybridized carbons (Fsp3) is 0.167. The molecular weight excluding hydrogens is 225 g/mol. The summed E-state index contributed by atoms with van der Waals surface area (Å²) in [5, 5.41) is 6.03. The van der Waals surface area contributed by atoms with Crippen molar-refractivity contribution in [1.82, 2.24) is 0 Å². The number of nitrogens with one attached hydrogen (secondary N) is 1. The number of thiophene rings is 1. The molecule has 1 atom stereocenters. The maximum Gasteiger partial charge on any atom is 0.198 e. The van der Waals surface area contributed by atoms with E-state index in [0.717, 1.165) is 10.8 Å². The summed E-state index contributed by atoms with van der Waals surface area (Å²) in [5.41, 5.74) is 1.60. The monoisotopic (exact) mass is 235 g/mol. The zero-order valence-electron chi connectivity index (χ0n) is 8.44. The zero-order valence-corrected chi connectivity index (χ0v) is 9.26. The summed E-state index contributed by atoms with van der Waals surface area (Å²) in [6, 6.07) is 8.71. The Hall–Kier alpha value is -1.55. The molecule has 0 radical (unpaired) electrons. The molecule has 4 heteroatoms. The minimum absolute atomic E-state index is 0.214. The number of anilines is 1. The van der Waals surface area contributed by atoms with Gasteiger partial charge in [0.2, 0.25) is 0 Å². The fourth-order valence-corrected chi connectivity index (χ4v) is 2.57. The Bertz CT molecular complexity index is 511. The van der Waals surface area contributed by atoms with Gasteiger partial charge in [-0.3, -0.25) is 0 Å². The number of hydrogen-bond donors (Lipinski definition) is 1. The molecule has 0 fully saturated rings. The highest BCUT2D eigenvalue weighted by Crippen LogP contribution is 2.38. The quantitative estimate of drug-likeness (QED) is 0.817. The maximum absolute atomic E-state index is 13.6. The van der Waals surface area contributed by atoms with Crippen molar-refractivity contribution in [3.8, 4) is 5.06 Å². The Kier molecular flexibility index (Phi) is 2.29. The molecule has 1 aliphatic rings. The first-order chi connectivity index (χ1) is 7.84. The van der Waals surface area contributed by atoms with Crippen molar-refractivity contribution < 1.29 is 9.13 Å². The summed E-state index contributed by atoms with van der Waals surface area (Å²) in [5.74, 6) is -0.214. The number of halogens is 1. The lowest BCUT2D eigenvalue weighted by molar-refractivity contribution is 0.212. The maximum atomic E-state index is 13.6. The van der Waals surface area contributed by atoms with Gasteiger partial charge in [0, 0.05) is 5.56 Å². The van der Waals surface area contributed by atoms with Crippen molar-refractivity contribution in [1.29, 1.82) is 0 Å². The van der Waals surface area contributed by atoms with E-state index in [2.05, 4.69) is 5.32 Å². The lowest BCUT2D eigenvalue weighted by Gasteiger charge is -2.25. The number of benzene rings is 1. The predicted molar refractivity (Wildman–Crippen MR) is 62.6 cm³/mol. The van der Waals surface area contributed by atoms with Crippen LogP contribution in [0.25, 0.3) is 0 Å². The van der Waals surface area contributed by atoms with E-state index in [9.17, 15) is 4.39 Å². The molecule has 16 heavy (non-hydrogen) atoms. The van der Waals surface area contributed by atoms with E-state index in [0.29, 0.717) is 12.1 Å². The molecule has 2 aromatic rings. The summed E-state index contributed by atoms with van der Waals surface area (Å²) < 4.78 is 19.3. The number of rotatable bonds is 1. The second kappa shape index (κ2) is 3.79. The van der Waals surface area contributed by atoms with Crippen LogP contribution in [0.4, 0.5) is 10.1 Å². The molecule has 1 aromatic heterocycles. The zero-order chi connectivity index (χ0) is 11.0. The first-order valence-corrected chi connectivity index (χ1v) is 5.95. The molecule has 2 nitrogen and oxygen atoms in total. The van der Waals surface area contributed by atoms with Crippen LogP contribution < -0.4 is 10.1 Å². The van der Waals surface area contributed by atoms with Crippen molar-refractivity contribution in [2.24, 2.45) is 0 Å². The third-order valence-electron chi connectivity index (χ3n) is 2.61. The van der Waals surface area contributed by atoms with Crippen molar-refractivity contribution in [3.05, 3.63) is 47.1 Å². The molecule has 2 heterocycles. The SMILES string of the molecule is Fc1ccccc1C1CNc2ccsc2O1. The smallest absolute Gasteiger partial charge is 0.198 e. The highest BCUT2D eigenvalue weighted by atomic mass is 32.1. The second-order valence-corrected chi connectivity index (χ2v) is 4.51. The molecule has 1 aromatic carbocycles. The summed E-state index contributed by atoms with van der Waals surface area (Å²) in [4.78, 5) is 0. The van der Waals surface area contributed by atoms with Crippen LogP contribution in [0.5, 0.6) is 5.06 Å². The average molecular weight is 235 g/mol. The molecule has 0 spiro atoms. The molecule has 0 saturated heterocycles. The van der Waals surface area contributed by atoms with Crippen molar-refractivity contribution in [2.45, 2.75) is 6.10 Å². The second-order valence-electron chi connectivity index (χ2n) is 3.63. The molecule has 3 rings (SSSR count). The van der Waals surface area contributed by atoms with Crippen LogP contribution in [-0.4, -0.2) is 6.54 Å². The first-order valence-electron chi connectivity index (χ1n) is 5.07. The Labute approximate surface area is 96.7 Å². The molecule has 1 N–H and O–H groups in total. The highest BCUT2D eigenvalue weighted by Gasteiger charge is 2.23. The van der Waals surface area contributed by atoms with Crippen molar-refractivity contribution in [2.75, 3.05) is 11.9 Å². The van der Waals surface area contributed by atoms with Gasteiger partial charge >= 0.3 is 0 Å². The van der Waals surface area contributed by atoms with Crippen LogP contribution in [0.15, 0.2) is 35.7 Å². The van der Waals surface area contributed by atoms with Crippen LogP contribution in [0.2, 0.25) is 0 Å². The van der Waals surface area contributed by atoms with E-state index in [1.54, 1.807) is 12.1 Å². The van der Waals surface area contributed by atoms with Gasteiger partial charge in [0.15, 0.2) is 5.06 Å². The van der Waals surface area contributed by atoms with E-state index < -0.39 is 0 Å². The van der Waals surface area contributed by atoms with Gasteiger partial charge in [0.25, 0.3) is 0 Å². The molecule has 0 aliphatic carbocycles. The van der Waals surface area contributed by atoms with Crippen LogP contribution in [0.1, 0.15) is 11.7 Å². The molecule has 0 saturated carbocycles. The van der Waals surface area contributed by atoms with Crippen molar-refractivity contribution >= 4 is 17.0 Å². The summed E-state index contributed by atoms with van der Waals surface area (Å²) in [7, 11) is 0. The lowest BCUT2D eigenvalue weighted by atomic mass is 10.1. The third kappa shape index (κ3) is 1.55. The topological polar surface area (TPSA) is 21.3 Å². The standard InChI is InChI=1S/C12H10FNOS/c13-9-4-2-1-3-8(9)11-7-14-10-5-6-16-12(10)15-11/h1-6,11,14H,7H2. The van der Waals surface area contributed by atoms with Crippen LogP contribution >= 0.6 is 11.3 Å². The van der Waals surface area contributed by atoms with E-state index in [-0.39, 0.29) is 11.9 Å². The Balaban J connectivity index is 1.92. The van der Waals surface area contributed by atoms with Crippen LogP contribution in [0.3, 0.4) is 0 Å². The Morgan fingerprint density at radius 1 is 1.31 bits per heavy atom. The van der Waals surface area contributed by atoms with E-state index in [1.165, 1.54) is 17.4 Å². The Morgan fingerprint density at radius 2 is 2.19 bits per heavy atom. The van der Waals surface area contributed by atoms with E-state index in [1.807, 2.05) is 17.5 Å². The minimum Gasteiger partial charge on any atom is -0.472 e. The third-order valence-corrected chi connectivity index (χ3v) is 3.41. The molecular formula is C12H10FNOS. The Morgan fingerprint density at radius 3 is 3.06 bits per heavy atom. The first kappa shape index (κ1) is 9.66. The van der Waals surface area contributed by atoms with Crippen molar-refractivity contribution in [3.63, 3.8) is 0 Å². The summed E-state index contributed by atoms with van der Waals surface area (Å²) in [6.07, 6.45) is -0.243. The van der Waals surface area contributed by atoms with Gasteiger partial charge in [-0.05, 0) is 17.5 Å². The van der Waals surface area contributed by atoms with Gasteiger partial charge in [-0.25, -0.2) is 4.39 Å². The summed E-state index contributed by atoms with van der Waals surface area (Å²) >= 11 is 1.52. The number of ether oxygens (including phenoxy) is 1. The van der Waals surface area contributed by atoms with Crippen LogP contribution in [0, 0.1) is 5.82 Å². The minimum atomic E-state index is -0.243. The number of hydrogen-bond acceptors (Lipinski definition) is 3. The van der Waals surface area contributed by atoms with Gasteiger partial charge in [-0.15, -0.1) is 11.3 Å². The molecule has 0 amide bonds. The average Bonchev–Trinajstić information content (AvgIpc) is 2.76. The molecule has 1 aliphatic heterocycles. The number of fused-ring (bicyclic) bond motifs is 1. The van der Waals surface area contributed by atoms with Gasteiger partial charge in [-0.1, -0.05) is 18.2 Å². The van der Waals surface area contributed by atoms with Crippen LogP contribution in [-0.2, 0) is 0 Å². The largest absolute Gasteiger partial charge is 0.472 e. The molecule has 1 unspecified atom stereocenters. The van der Waals surface area contributed by atoms with E-state index >= 15 is 0 Å². The van der Waals surface area contributed by atoms with E-state index in [4.69, 9.17) is 4.74 Å². The molecule has 82 valence electrons. The van der Waals surface area contributed by atoms with Gasteiger partial charge in [0.1, 0.15) is 11.9 Å². The highest BCUT2D eigenvalue weighted by molar-refractivity contribution is 7.12. The predicted octanol–water partition coefficient (Wildman–Crippen LogP) is 3.43. The van der Waals surface area contributed by atoms with Gasteiger partial charge in [-0.2, -0.15) is 0 Å². The summed E-state index contributed by atoms with van der Waals surface area (Å²) in [6.45, 7) is 0.602. The van der Waals surface area contributed by atoms with Gasteiger partial charge in [0.05, 0.1) is 12.2 Å². The molecule has 0 bridgehead atoms. The fourth-order valence-electron chi connectivity index (χ4n) is 1.80.